The highest BCUT2D eigenvalue weighted by atomic mass is 16.5. The summed E-state index contributed by atoms with van der Waals surface area (Å²) in [5.41, 5.74) is -1.19. The maximum Gasteiger partial charge on any atom is 0.341 e. The summed E-state index contributed by atoms with van der Waals surface area (Å²) in [5.74, 6) is -1.24. The molecule has 0 saturated carbocycles. The van der Waals surface area contributed by atoms with E-state index < -0.39 is 29.0 Å². The van der Waals surface area contributed by atoms with Crippen molar-refractivity contribution in [2.75, 3.05) is 6.61 Å². The molecule has 130 valence electrons. The van der Waals surface area contributed by atoms with Crippen molar-refractivity contribution in [3.8, 4) is 0 Å². The molecule has 6 nitrogen and oxygen atoms in total. The lowest BCUT2D eigenvalue weighted by molar-refractivity contribution is -0.180. The molecule has 1 saturated heterocycles. The normalized spacial score (nSPS) is 24.2. The molecule has 0 spiro atoms. The molecule has 0 bridgehead atoms. The largest absolute Gasteiger partial charge is 0.461 e. The topological polar surface area (TPSA) is 75.7 Å². The van der Waals surface area contributed by atoms with Crippen molar-refractivity contribution < 1.29 is 19.1 Å². The summed E-state index contributed by atoms with van der Waals surface area (Å²) < 4.78 is 5.25. The molecule has 1 fully saturated rings. The highest BCUT2D eigenvalue weighted by Crippen LogP contribution is 2.27. The van der Waals surface area contributed by atoms with Gasteiger partial charge in [0.2, 0.25) is 11.9 Å². The standard InChI is InChI=1S/C18H24N2O4/c1-17(2,3)19-15(22)18(4)16(23)24-11-14(20(18)12-21)10-13-8-6-5-7-9-13/h5-9,12,14H,10-11H2,1-4H3,(H,19,22)/t14-,18+/m0/s1. The van der Waals surface area contributed by atoms with Gasteiger partial charge in [0.1, 0.15) is 6.61 Å². The van der Waals surface area contributed by atoms with Crippen LogP contribution in [0, 0.1) is 0 Å². The Hall–Kier alpha value is -2.37. The molecule has 0 radical (unpaired) electrons. The Morgan fingerprint density at radius 2 is 2.00 bits per heavy atom. The third-order valence-corrected chi connectivity index (χ3v) is 4.07. The fraction of sp³-hybridized carbons (Fsp3) is 0.500. The van der Waals surface area contributed by atoms with Gasteiger partial charge in [0.05, 0.1) is 6.04 Å². The maximum atomic E-state index is 12.7. The van der Waals surface area contributed by atoms with Crippen molar-refractivity contribution in [1.29, 1.82) is 0 Å². The zero-order chi connectivity index (χ0) is 18.0. The molecular weight excluding hydrogens is 308 g/mol. The first-order valence-corrected chi connectivity index (χ1v) is 7.96. The van der Waals surface area contributed by atoms with E-state index >= 15 is 0 Å². The SMILES string of the molecule is CC(C)(C)NC(=O)[C@]1(C)C(=O)OC[C@H](Cc2ccccc2)N1C=O. The lowest BCUT2D eigenvalue weighted by Crippen LogP contribution is -2.70. The molecular formula is C18H24N2O4. The highest BCUT2D eigenvalue weighted by Gasteiger charge is 2.54. The molecule has 2 atom stereocenters. The number of ether oxygens (including phenoxy) is 1. The van der Waals surface area contributed by atoms with Gasteiger partial charge < -0.3 is 15.0 Å². The molecule has 0 unspecified atom stereocenters. The van der Waals surface area contributed by atoms with Gasteiger partial charge in [-0.15, -0.1) is 0 Å². The van der Waals surface area contributed by atoms with Crippen molar-refractivity contribution >= 4 is 18.3 Å². The summed E-state index contributed by atoms with van der Waals surface area (Å²) in [6.07, 6.45) is 1.07. The number of carbonyl (C=O) groups excluding carboxylic acids is 3. The van der Waals surface area contributed by atoms with Gasteiger partial charge in [0.15, 0.2) is 0 Å². The smallest absolute Gasteiger partial charge is 0.341 e. The molecule has 1 aliphatic heterocycles. The van der Waals surface area contributed by atoms with E-state index in [-0.39, 0.29) is 6.61 Å². The van der Waals surface area contributed by atoms with E-state index in [4.69, 9.17) is 4.74 Å². The van der Waals surface area contributed by atoms with Gasteiger partial charge >= 0.3 is 5.97 Å². The number of cyclic esters (lactones) is 1. The molecule has 0 aromatic heterocycles. The second kappa shape index (κ2) is 6.63. The predicted octanol–water partition coefficient (Wildman–Crippen LogP) is 1.29. The molecule has 1 aromatic rings. The lowest BCUT2D eigenvalue weighted by Gasteiger charge is -2.45. The van der Waals surface area contributed by atoms with Crippen LogP contribution in [-0.4, -0.2) is 46.9 Å². The summed E-state index contributed by atoms with van der Waals surface area (Å²) in [5, 5.41) is 2.77. The monoisotopic (exact) mass is 332 g/mol. The maximum absolute atomic E-state index is 12.7. The Balaban J connectivity index is 2.29. The first-order valence-electron chi connectivity index (χ1n) is 7.96. The Bertz CT molecular complexity index is 624. The molecule has 0 aliphatic carbocycles. The molecule has 6 heteroatoms. The van der Waals surface area contributed by atoms with E-state index in [1.54, 1.807) is 0 Å². The second-order valence-electron chi connectivity index (χ2n) is 7.23. The Labute approximate surface area is 142 Å². The van der Waals surface area contributed by atoms with Crippen molar-refractivity contribution in [2.24, 2.45) is 0 Å². The van der Waals surface area contributed by atoms with Gasteiger partial charge in [-0.1, -0.05) is 30.3 Å². The summed E-state index contributed by atoms with van der Waals surface area (Å²) in [7, 11) is 0. The number of benzene rings is 1. The third-order valence-electron chi connectivity index (χ3n) is 4.07. The molecule has 1 aromatic carbocycles. The van der Waals surface area contributed by atoms with Crippen LogP contribution in [0.1, 0.15) is 33.3 Å². The summed E-state index contributed by atoms with van der Waals surface area (Å²) in [4.78, 5) is 38.0. The zero-order valence-electron chi connectivity index (χ0n) is 14.5. The highest BCUT2D eigenvalue weighted by molar-refractivity contribution is 6.09. The minimum atomic E-state index is -1.67. The molecule has 2 amide bonds. The van der Waals surface area contributed by atoms with Crippen LogP contribution in [0.5, 0.6) is 0 Å². The molecule has 1 heterocycles. The predicted molar refractivity (Wildman–Crippen MR) is 89.1 cm³/mol. The van der Waals surface area contributed by atoms with Crippen molar-refractivity contribution in [3.05, 3.63) is 35.9 Å². The zero-order valence-corrected chi connectivity index (χ0v) is 14.5. The van der Waals surface area contributed by atoms with Crippen LogP contribution in [0.2, 0.25) is 0 Å². The number of nitrogens with zero attached hydrogens (tertiary/aromatic N) is 1. The van der Waals surface area contributed by atoms with Gasteiger partial charge in [0, 0.05) is 5.54 Å². The Morgan fingerprint density at radius 3 is 2.54 bits per heavy atom. The van der Waals surface area contributed by atoms with Crippen LogP contribution in [-0.2, 0) is 25.5 Å². The summed E-state index contributed by atoms with van der Waals surface area (Å²) in [6.45, 7) is 6.95. The van der Waals surface area contributed by atoms with E-state index in [1.165, 1.54) is 11.8 Å². The van der Waals surface area contributed by atoms with Crippen LogP contribution in [0.3, 0.4) is 0 Å². The number of amides is 2. The Kier molecular flexibility index (Phi) is 4.96. The van der Waals surface area contributed by atoms with E-state index in [0.717, 1.165) is 5.56 Å². The van der Waals surface area contributed by atoms with Crippen molar-refractivity contribution in [1.82, 2.24) is 10.2 Å². The quantitative estimate of drug-likeness (QED) is 0.512. The minimum Gasteiger partial charge on any atom is -0.461 e. The van der Waals surface area contributed by atoms with E-state index in [9.17, 15) is 14.4 Å². The summed E-state index contributed by atoms with van der Waals surface area (Å²) in [6, 6.07) is 9.20. The number of nitrogens with one attached hydrogen (secondary N) is 1. The van der Waals surface area contributed by atoms with E-state index in [0.29, 0.717) is 12.8 Å². The van der Waals surface area contributed by atoms with Gasteiger partial charge in [-0.3, -0.25) is 9.59 Å². The first-order chi connectivity index (χ1) is 11.2. The number of morpholine rings is 1. The molecule has 1 aliphatic rings. The number of hydrogen-bond donors (Lipinski definition) is 1. The molecule has 24 heavy (non-hydrogen) atoms. The summed E-state index contributed by atoms with van der Waals surface area (Å²) >= 11 is 0. The first kappa shape index (κ1) is 18.0. The number of rotatable bonds is 4. The van der Waals surface area contributed by atoms with E-state index in [1.807, 2.05) is 51.1 Å². The van der Waals surface area contributed by atoms with Gasteiger partial charge in [-0.25, -0.2) is 4.79 Å². The number of hydrogen-bond acceptors (Lipinski definition) is 4. The van der Waals surface area contributed by atoms with Gasteiger partial charge in [0.25, 0.3) is 5.91 Å². The van der Waals surface area contributed by atoms with Crippen LogP contribution in [0.15, 0.2) is 30.3 Å². The lowest BCUT2D eigenvalue weighted by atomic mass is 9.91. The molecule has 1 N–H and O–H groups in total. The van der Waals surface area contributed by atoms with Crippen LogP contribution < -0.4 is 5.32 Å². The van der Waals surface area contributed by atoms with Crippen molar-refractivity contribution in [2.45, 2.75) is 51.2 Å². The number of esters is 1. The van der Waals surface area contributed by atoms with E-state index in [2.05, 4.69) is 5.32 Å². The Morgan fingerprint density at radius 1 is 1.38 bits per heavy atom. The van der Waals surface area contributed by atoms with Crippen LogP contribution >= 0.6 is 0 Å². The van der Waals surface area contributed by atoms with Crippen LogP contribution in [0.4, 0.5) is 0 Å². The van der Waals surface area contributed by atoms with Gasteiger partial charge in [-0.05, 0) is 39.7 Å². The van der Waals surface area contributed by atoms with Gasteiger partial charge in [-0.2, -0.15) is 0 Å². The third kappa shape index (κ3) is 3.58. The average Bonchev–Trinajstić information content (AvgIpc) is 2.50. The second-order valence-corrected chi connectivity index (χ2v) is 7.23. The van der Waals surface area contributed by atoms with Crippen molar-refractivity contribution in [3.63, 3.8) is 0 Å². The fourth-order valence-electron chi connectivity index (χ4n) is 2.77. The number of carbonyl (C=O) groups is 3. The van der Waals surface area contributed by atoms with Crippen LogP contribution in [0.25, 0.3) is 0 Å². The average molecular weight is 332 g/mol. The minimum absolute atomic E-state index is 0.0743. The fourth-order valence-corrected chi connectivity index (χ4v) is 2.77. The molecule has 2 rings (SSSR count).